The van der Waals surface area contributed by atoms with Crippen LogP contribution < -0.4 is 5.32 Å². The molecule has 2 heteroatoms. The number of Topliss-reactive ketones (excluding diaryl/α,β-unsaturated/α-hetero) is 1. The molecule has 1 N–H and O–H groups in total. The predicted molar refractivity (Wildman–Crippen MR) is 55.0 cm³/mol. The fourth-order valence-corrected chi connectivity index (χ4v) is 4.29. The van der Waals surface area contributed by atoms with E-state index in [9.17, 15) is 4.79 Å². The van der Waals surface area contributed by atoms with Crippen molar-refractivity contribution in [2.45, 2.75) is 44.1 Å². The molecule has 4 aliphatic carbocycles. The molecule has 0 aliphatic heterocycles. The Morgan fingerprint density at radius 1 is 1.21 bits per heavy atom. The first-order valence-electron chi connectivity index (χ1n) is 5.92. The SMILES string of the molecule is CNC12CC3CC(=O)C(CC(C3)C1)C2. The van der Waals surface area contributed by atoms with E-state index in [0.29, 0.717) is 23.2 Å². The number of nitrogens with one attached hydrogen (secondary N) is 1. The van der Waals surface area contributed by atoms with E-state index in [1.807, 2.05) is 0 Å². The highest BCUT2D eigenvalue weighted by Gasteiger charge is 2.50. The zero-order valence-electron chi connectivity index (χ0n) is 8.88. The number of rotatable bonds is 1. The molecule has 0 radical (unpaired) electrons. The largest absolute Gasteiger partial charge is 0.314 e. The summed E-state index contributed by atoms with van der Waals surface area (Å²) in [6, 6.07) is 0. The summed E-state index contributed by atoms with van der Waals surface area (Å²) in [7, 11) is 2.08. The Kier molecular flexibility index (Phi) is 1.79. The van der Waals surface area contributed by atoms with Crippen LogP contribution in [-0.4, -0.2) is 18.4 Å². The third-order valence-electron chi connectivity index (χ3n) is 4.76. The van der Waals surface area contributed by atoms with Crippen molar-refractivity contribution in [3.63, 3.8) is 0 Å². The third-order valence-corrected chi connectivity index (χ3v) is 4.76. The van der Waals surface area contributed by atoms with E-state index >= 15 is 0 Å². The fourth-order valence-electron chi connectivity index (χ4n) is 4.29. The normalized spacial score (nSPS) is 50.9. The quantitative estimate of drug-likeness (QED) is 0.687. The average molecular weight is 193 g/mol. The maximum atomic E-state index is 11.9. The minimum Gasteiger partial charge on any atom is -0.314 e. The molecule has 0 heterocycles. The highest BCUT2D eigenvalue weighted by atomic mass is 16.1. The summed E-state index contributed by atoms with van der Waals surface area (Å²) >= 11 is 0. The van der Waals surface area contributed by atoms with Crippen molar-refractivity contribution in [1.29, 1.82) is 0 Å². The van der Waals surface area contributed by atoms with Crippen LogP contribution in [-0.2, 0) is 4.79 Å². The second kappa shape index (κ2) is 2.82. The van der Waals surface area contributed by atoms with Gasteiger partial charge >= 0.3 is 0 Å². The minimum absolute atomic E-state index is 0.336. The summed E-state index contributed by atoms with van der Waals surface area (Å²) < 4.78 is 0. The lowest BCUT2D eigenvalue weighted by atomic mass is 9.63. The topological polar surface area (TPSA) is 29.1 Å². The summed E-state index contributed by atoms with van der Waals surface area (Å²) in [5.74, 6) is 2.50. The Hall–Kier alpha value is -0.370. The number of hydrogen-bond acceptors (Lipinski definition) is 2. The van der Waals surface area contributed by atoms with Crippen molar-refractivity contribution >= 4 is 5.78 Å². The van der Waals surface area contributed by atoms with Crippen molar-refractivity contribution in [2.24, 2.45) is 17.8 Å². The van der Waals surface area contributed by atoms with E-state index in [1.54, 1.807) is 0 Å². The van der Waals surface area contributed by atoms with E-state index in [-0.39, 0.29) is 0 Å². The van der Waals surface area contributed by atoms with Gasteiger partial charge in [0.2, 0.25) is 0 Å². The van der Waals surface area contributed by atoms with Crippen LogP contribution in [0.15, 0.2) is 0 Å². The van der Waals surface area contributed by atoms with Gasteiger partial charge in [-0.3, -0.25) is 4.79 Å². The number of carbonyl (C=O) groups excluding carboxylic acids is 1. The van der Waals surface area contributed by atoms with Crippen LogP contribution >= 0.6 is 0 Å². The Morgan fingerprint density at radius 2 is 2.00 bits per heavy atom. The van der Waals surface area contributed by atoms with Crippen molar-refractivity contribution in [1.82, 2.24) is 5.32 Å². The summed E-state index contributed by atoms with van der Waals surface area (Å²) in [5.41, 5.74) is 0.336. The van der Waals surface area contributed by atoms with E-state index in [4.69, 9.17) is 0 Å². The molecule has 4 bridgehead atoms. The van der Waals surface area contributed by atoms with Crippen molar-refractivity contribution in [3.8, 4) is 0 Å². The monoisotopic (exact) mass is 193 g/mol. The second-order valence-electron chi connectivity index (χ2n) is 5.71. The standard InChI is InChI=1S/C12H19NO/c1-13-12-5-8-2-9(6-12)4-11(14)10(3-8)7-12/h8-10,13H,2-7H2,1H3. The number of carbonyl (C=O) groups is 1. The number of hydrogen-bond donors (Lipinski definition) is 1. The van der Waals surface area contributed by atoms with Crippen LogP contribution in [0.25, 0.3) is 0 Å². The van der Waals surface area contributed by atoms with E-state index in [1.165, 1.54) is 25.7 Å². The first-order valence-corrected chi connectivity index (χ1v) is 5.92. The molecule has 4 atom stereocenters. The molecular formula is C12H19NO. The van der Waals surface area contributed by atoms with Crippen LogP contribution in [0.4, 0.5) is 0 Å². The van der Waals surface area contributed by atoms with Gasteiger partial charge in [0.15, 0.2) is 0 Å². The van der Waals surface area contributed by atoms with Gasteiger partial charge in [-0.25, -0.2) is 0 Å². The zero-order chi connectivity index (χ0) is 9.76. The maximum Gasteiger partial charge on any atom is 0.136 e. The van der Waals surface area contributed by atoms with Gasteiger partial charge in [0, 0.05) is 17.9 Å². The number of fused-ring (bicyclic) bond motifs is 1. The molecule has 14 heavy (non-hydrogen) atoms. The molecule has 0 amide bonds. The molecule has 4 aliphatic rings. The lowest BCUT2D eigenvalue weighted by molar-refractivity contribution is -0.123. The predicted octanol–water partition coefficient (Wildman–Crippen LogP) is 1.74. The molecule has 4 rings (SSSR count). The smallest absolute Gasteiger partial charge is 0.136 e. The van der Waals surface area contributed by atoms with Crippen molar-refractivity contribution in [2.75, 3.05) is 7.05 Å². The van der Waals surface area contributed by atoms with E-state index in [2.05, 4.69) is 12.4 Å². The zero-order valence-corrected chi connectivity index (χ0v) is 8.88. The van der Waals surface area contributed by atoms with Gasteiger partial charge in [-0.2, -0.15) is 0 Å². The molecule has 2 nitrogen and oxygen atoms in total. The highest BCUT2D eigenvalue weighted by Crippen LogP contribution is 2.51. The van der Waals surface area contributed by atoms with Gasteiger partial charge < -0.3 is 5.32 Å². The summed E-state index contributed by atoms with van der Waals surface area (Å²) in [6.45, 7) is 0. The average Bonchev–Trinajstić information content (AvgIpc) is 2.30. The second-order valence-corrected chi connectivity index (χ2v) is 5.71. The van der Waals surface area contributed by atoms with Gasteiger partial charge in [-0.05, 0) is 51.0 Å². The van der Waals surface area contributed by atoms with Crippen LogP contribution in [0.1, 0.15) is 38.5 Å². The molecule has 0 aromatic rings. The summed E-state index contributed by atoms with van der Waals surface area (Å²) in [4.78, 5) is 11.9. The van der Waals surface area contributed by atoms with Gasteiger partial charge in [0.05, 0.1) is 0 Å². The minimum atomic E-state index is 0.336. The first kappa shape index (κ1) is 8.90. The fraction of sp³-hybridized carbons (Fsp3) is 0.917. The Bertz CT molecular complexity index is 275. The molecule has 4 saturated carbocycles. The van der Waals surface area contributed by atoms with Gasteiger partial charge in [0.25, 0.3) is 0 Å². The molecule has 4 unspecified atom stereocenters. The van der Waals surface area contributed by atoms with E-state index < -0.39 is 0 Å². The first-order chi connectivity index (χ1) is 6.71. The van der Waals surface area contributed by atoms with Gasteiger partial charge in [0.1, 0.15) is 5.78 Å². The summed E-state index contributed by atoms with van der Waals surface area (Å²) in [6.07, 6.45) is 7.09. The van der Waals surface area contributed by atoms with Crippen LogP contribution in [0.2, 0.25) is 0 Å². The lowest BCUT2D eigenvalue weighted by Crippen LogP contribution is -2.52. The van der Waals surface area contributed by atoms with Crippen LogP contribution in [0, 0.1) is 17.8 Å². The Morgan fingerprint density at radius 3 is 2.79 bits per heavy atom. The lowest BCUT2D eigenvalue weighted by Gasteiger charge is -2.47. The summed E-state index contributed by atoms with van der Waals surface area (Å²) in [5, 5.41) is 3.52. The molecule has 0 aromatic heterocycles. The molecule has 0 aromatic carbocycles. The Balaban J connectivity index is 1.97. The molecule has 0 saturated heterocycles. The maximum absolute atomic E-state index is 11.9. The van der Waals surface area contributed by atoms with Gasteiger partial charge in [-0.15, -0.1) is 0 Å². The van der Waals surface area contributed by atoms with Crippen LogP contribution in [0.5, 0.6) is 0 Å². The van der Waals surface area contributed by atoms with Crippen molar-refractivity contribution < 1.29 is 4.79 Å². The van der Waals surface area contributed by atoms with Crippen LogP contribution in [0.3, 0.4) is 0 Å². The molecular weight excluding hydrogens is 174 g/mol. The van der Waals surface area contributed by atoms with Gasteiger partial charge in [-0.1, -0.05) is 0 Å². The van der Waals surface area contributed by atoms with Crippen molar-refractivity contribution in [3.05, 3.63) is 0 Å². The molecule has 4 fully saturated rings. The molecule has 78 valence electrons. The highest BCUT2D eigenvalue weighted by molar-refractivity contribution is 5.82. The number of ketones is 1. The Labute approximate surface area is 85.4 Å². The molecule has 0 spiro atoms. The third kappa shape index (κ3) is 1.16. The van der Waals surface area contributed by atoms with E-state index in [0.717, 1.165) is 18.8 Å².